The molecule has 0 saturated heterocycles. The lowest BCUT2D eigenvalue weighted by Crippen LogP contribution is -2.13. The fraction of sp³-hybridized carbons (Fsp3) is 0.0625. The summed E-state index contributed by atoms with van der Waals surface area (Å²) in [5.41, 5.74) is -0.540. The van der Waals surface area contributed by atoms with E-state index in [0.717, 1.165) is 12.1 Å². The van der Waals surface area contributed by atoms with Crippen LogP contribution in [-0.4, -0.2) is 20.7 Å². The summed E-state index contributed by atoms with van der Waals surface area (Å²) in [5.74, 6) is -0.0236. The van der Waals surface area contributed by atoms with Gasteiger partial charge in [-0.15, -0.1) is 0 Å². The van der Waals surface area contributed by atoms with Crippen molar-refractivity contribution in [1.29, 1.82) is 0 Å². The summed E-state index contributed by atoms with van der Waals surface area (Å²) in [4.78, 5) is 16.2. The molecule has 24 heavy (non-hydrogen) atoms. The molecule has 0 fully saturated rings. The Hall–Kier alpha value is -3.16. The first-order valence-corrected chi connectivity index (χ1v) is 6.88. The minimum Gasteiger partial charge on any atom is -0.322 e. The molecule has 122 valence electrons. The third-order valence-corrected chi connectivity index (χ3v) is 3.20. The molecule has 2 aromatic heterocycles. The van der Waals surface area contributed by atoms with Crippen molar-refractivity contribution in [1.82, 2.24) is 14.8 Å². The second kappa shape index (κ2) is 6.15. The highest BCUT2D eigenvalue weighted by atomic mass is 19.4. The van der Waals surface area contributed by atoms with Gasteiger partial charge in [0.2, 0.25) is 0 Å². The number of nitrogens with zero attached hydrogens (tertiary/aromatic N) is 3. The summed E-state index contributed by atoms with van der Waals surface area (Å²) in [6.45, 7) is 0. The van der Waals surface area contributed by atoms with Crippen LogP contribution in [0.2, 0.25) is 0 Å². The Morgan fingerprint density at radius 1 is 1.12 bits per heavy atom. The molecule has 3 rings (SSSR count). The monoisotopic (exact) mass is 332 g/mol. The lowest BCUT2D eigenvalue weighted by molar-refractivity contribution is -0.137. The quantitative estimate of drug-likeness (QED) is 0.798. The molecule has 2 heterocycles. The van der Waals surface area contributed by atoms with Gasteiger partial charge in [0.05, 0.1) is 11.1 Å². The van der Waals surface area contributed by atoms with Gasteiger partial charge in [-0.25, -0.2) is 9.67 Å². The fourth-order valence-corrected chi connectivity index (χ4v) is 2.04. The van der Waals surface area contributed by atoms with E-state index in [0.29, 0.717) is 5.82 Å². The van der Waals surface area contributed by atoms with E-state index in [4.69, 9.17) is 0 Å². The van der Waals surface area contributed by atoms with Crippen LogP contribution >= 0.6 is 0 Å². The van der Waals surface area contributed by atoms with E-state index in [-0.39, 0.29) is 11.3 Å². The second-order valence-corrected chi connectivity index (χ2v) is 4.89. The molecule has 0 radical (unpaired) electrons. The predicted molar refractivity (Wildman–Crippen MR) is 80.8 cm³/mol. The van der Waals surface area contributed by atoms with Crippen molar-refractivity contribution < 1.29 is 18.0 Å². The standard InChI is InChI=1S/C16H11F3N4O/c17-16(18,19)12-3-1-4-13(9-12)22-15(24)11-5-6-14(20-10-11)23-8-2-7-21-23/h1-10H,(H,22,24). The van der Waals surface area contributed by atoms with E-state index in [9.17, 15) is 18.0 Å². The number of hydrogen-bond donors (Lipinski definition) is 1. The molecule has 0 aliphatic carbocycles. The number of halogens is 3. The molecule has 8 heteroatoms. The second-order valence-electron chi connectivity index (χ2n) is 4.89. The van der Waals surface area contributed by atoms with E-state index >= 15 is 0 Å². The number of alkyl halides is 3. The lowest BCUT2D eigenvalue weighted by atomic mass is 10.2. The average molecular weight is 332 g/mol. The molecule has 1 N–H and O–H groups in total. The third kappa shape index (κ3) is 3.43. The van der Waals surface area contributed by atoms with Crippen molar-refractivity contribution in [2.24, 2.45) is 0 Å². The molecule has 5 nitrogen and oxygen atoms in total. The molecule has 0 spiro atoms. The van der Waals surface area contributed by atoms with E-state index in [1.165, 1.54) is 29.1 Å². The highest BCUT2D eigenvalue weighted by Gasteiger charge is 2.30. The first-order valence-electron chi connectivity index (χ1n) is 6.88. The van der Waals surface area contributed by atoms with Crippen molar-refractivity contribution >= 4 is 11.6 Å². The van der Waals surface area contributed by atoms with E-state index < -0.39 is 17.6 Å². The van der Waals surface area contributed by atoms with Gasteiger partial charge in [-0.3, -0.25) is 4.79 Å². The summed E-state index contributed by atoms with van der Waals surface area (Å²) in [6, 6.07) is 9.28. The maximum atomic E-state index is 12.7. The average Bonchev–Trinajstić information content (AvgIpc) is 3.09. The largest absolute Gasteiger partial charge is 0.416 e. The third-order valence-electron chi connectivity index (χ3n) is 3.20. The number of carbonyl (C=O) groups excluding carboxylic acids is 1. The highest BCUT2D eigenvalue weighted by molar-refractivity contribution is 6.04. The minimum absolute atomic E-state index is 0.0611. The van der Waals surface area contributed by atoms with Gasteiger partial charge in [-0.05, 0) is 36.4 Å². The van der Waals surface area contributed by atoms with E-state index in [2.05, 4.69) is 15.4 Å². The Labute approximate surface area is 134 Å². The number of carbonyl (C=O) groups is 1. The zero-order chi connectivity index (χ0) is 17.2. The molecule has 0 aliphatic rings. The Morgan fingerprint density at radius 2 is 1.96 bits per heavy atom. The topological polar surface area (TPSA) is 59.8 Å². The van der Waals surface area contributed by atoms with Crippen LogP contribution in [0.1, 0.15) is 15.9 Å². The normalized spacial score (nSPS) is 11.3. The van der Waals surface area contributed by atoms with Crippen LogP contribution in [0.5, 0.6) is 0 Å². The number of anilines is 1. The number of hydrogen-bond acceptors (Lipinski definition) is 3. The van der Waals surface area contributed by atoms with Gasteiger partial charge in [0.1, 0.15) is 0 Å². The molecular weight excluding hydrogens is 321 g/mol. The van der Waals surface area contributed by atoms with Crippen LogP contribution in [0.25, 0.3) is 5.82 Å². The van der Waals surface area contributed by atoms with Gasteiger partial charge in [-0.2, -0.15) is 18.3 Å². The van der Waals surface area contributed by atoms with Gasteiger partial charge >= 0.3 is 6.18 Å². The zero-order valence-electron chi connectivity index (χ0n) is 12.2. The Kier molecular flexibility index (Phi) is 4.03. The number of rotatable bonds is 3. The van der Waals surface area contributed by atoms with Crippen LogP contribution in [0, 0.1) is 0 Å². The number of amides is 1. The van der Waals surface area contributed by atoms with Crippen LogP contribution < -0.4 is 5.32 Å². The van der Waals surface area contributed by atoms with Crippen molar-refractivity contribution in [3.05, 3.63) is 72.2 Å². The maximum Gasteiger partial charge on any atom is 0.416 e. The van der Waals surface area contributed by atoms with Gasteiger partial charge in [0, 0.05) is 24.3 Å². The Balaban J connectivity index is 1.76. The van der Waals surface area contributed by atoms with Crippen molar-refractivity contribution in [2.45, 2.75) is 6.18 Å². The molecular formula is C16H11F3N4O. The summed E-state index contributed by atoms with van der Waals surface area (Å²) in [6.07, 6.45) is 0.161. The fourth-order valence-electron chi connectivity index (χ4n) is 2.04. The molecule has 1 aromatic carbocycles. The lowest BCUT2D eigenvalue weighted by Gasteiger charge is -2.10. The number of nitrogens with one attached hydrogen (secondary N) is 1. The molecule has 0 atom stereocenters. The van der Waals surface area contributed by atoms with E-state index in [1.54, 1.807) is 24.5 Å². The number of benzene rings is 1. The summed E-state index contributed by atoms with van der Waals surface area (Å²) in [7, 11) is 0. The Morgan fingerprint density at radius 3 is 2.58 bits per heavy atom. The molecule has 0 unspecified atom stereocenters. The molecule has 0 aliphatic heterocycles. The number of pyridine rings is 1. The van der Waals surface area contributed by atoms with Crippen LogP contribution in [0.3, 0.4) is 0 Å². The Bertz CT molecular complexity index is 843. The smallest absolute Gasteiger partial charge is 0.322 e. The first kappa shape index (κ1) is 15.7. The van der Waals surface area contributed by atoms with Crippen LogP contribution in [-0.2, 0) is 6.18 Å². The summed E-state index contributed by atoms with van der Waals surface area (Å²) >= 11 is 0. The van der Waals surface area contributed by atoms with Gasteiger partial charge in [0.15, 0.2) is 5.82 Å². The molecule has 0 bridgehead atoms. The van der Waals surface area contributed by atoms with Gasteiger partial charge in [0.25, 0.3) is 5.91 Å². The SMILES string of the molecule is O=C(Nc1cccc(C(F)(F)F)c1)c1ccc(-n2cccn2)nc1. The first-order chi connectivity index (χ1) is 11.4. The van der Waals surface area contributed by atoms with Gasteiger partial charge in [-0.1, -0.05) is 6.07 Å². The molecule has 1 amide bonds. The molecule has 0 saturated carbocycles. The van der Waals surface area contributed by atoms with Crippen LogP contribution in [0.15, 0.2) is 61.1 Å². The maximum absolute atomic E-state index is 12.7. The molecule has 3 aromatic rings. The zero-order valence-corrected chi connectivity index (χ0v) is 12.2. The van der Waals surface area contributed by atoms with Crippen molar-refractivity contribution in [3.8, 4) is 5.82 Å². The minimum atomic E-state index is -4.46. The van der Waals surface area contributed by atoms with Crippen LogP contribution in [0.4, 0.5) is 18.9 Å². The van der Waals surface area contributed by atoms with Crippen molar-refractivity contribution in [3.63, 3.8) is 0 Å². The number of aromatic nitrogens is 3. The summed E-state index contributed by atoms with van der Waals surface area (Å²) in [5, 5.41) is 6.43. The highest BCUT2D eigenvalue weighted by Crippen LogP contribution is 2.30. The summed E-state index contributed by atoms with van der Waals surface area (Å²) < 4.78 is 39.6. The van der Waals surface area contributed by atoms with Crippen molar-refractivity contribution in [2.75, 3.05) is 5.32 Å². The van der Waals surface area contributed by atoms with E-state index in [1.807, 2.05) is 0 Å². The predicted octanol–water partition coefficient (Wildman–Crippen LogP) is 3.54. The van der Waals surface area contributed by atoms with Gasteiger partial charge < -0.3 is 5.32 Å².